The average Bonchev–Trinajstić information content (AvgIpc) is 2.88. The predicted octanol–water partition coefficient (Wildman–Crippen LogP) is 2.70. The Kier molecular flexibility index (Phi) is 4.17. The molecule has 2 N–H and O–H groups in total. The molecule has 0 atom stereocenters. The number of hydrogen-bond donors (Lipinski definition) is 1. The fraction of sp³-hybridized carbons (Fsp3) is 0.182. The number of aromatic nitrogens is 2. The van der Waals surface area contributed by atoms with E-state index in [4.69, 9.17) is 33.5 Å². The van der Waals surface area contributed by atoms with Crippen LogP contribution in [-0.4, -0.2) is 21.9 Å². The maximum absolute atomic E-state index is 5.59. The van der Waals surface area contributed by atoms with Crippen molar-refractivity contribution in [2.75, 3.05) is 5.88 Å². The Bertz CT molecular complexity index is 550. The van der Waals surface area contributed by atoms with Crippen LogP contribution >= 0.6 is 23.2 Å². The van der Waals surface area contributed by atoms with Crippen LogP contribution < -0.4 is 5.73 Å². The number of aliphatic imine (C=N–C) groups is 1. The van der Waals surface area contributed by atoms with E-state index in [1.807, 2.05) is 12.1 Å². The van der Waals surface area contributed by atoms with Crippen LogP contribution in [0.4, 0.5) is 5.69 Å². The third-order valence-electron chi connectivity index (χ3n) is 2.12. The fourth-order valence-electron chi connectivity index (χ4n) is 1.31. The van der Waals surface area contributed by atoms with Gasteiger partial charge in [0.25, 0.3) is 0 Å². The van der Waals surface area contributed by atoms with Crippen molar-refractivity contribution < 1.29 is 4.52 Å². The highest BCUT2D eigenvalue weighted by Crippen LogP contribution is 2.20. The molecule has 2 aromatic rings. The van der Waals surface area contributed by atoms with E-state index < -0.39 is 0 Å². The quantitative estimate of drug-likeness (QED) is 0.532. The van der Waals surface area contributed by atoms with Crippen LogP contribution in [0.1, 0.15) is 5.89 Å². The zero-order chi connectivity index (χ0) is 13.0. The minimum atomic E-state index is 0.196. The minimum Gasteiger partial charge on any atom is -0.386 e. The second-order valence-electron chi connectivity index (χ2n) is 3.43. The van der Waals surface area contributed by atoms with Gasteiger partial charge < -0.3 is 10.3 Å². The van der Waals surface area contributed by atoms with E-state index >= 15 is 0 Å². The minimum absolute atomic E-state index is 0.196. The largest absolute Gasteiger partial charge is 0.386 e. The summed E-state index contributed by atoms with van der Waals surface area (Å²) in [6.07, 6.45) is 0. The van der Waals surface area contributed by atoms with E-state index in [0.717, 1.165) is 11.3 Å². The Hall–Kier alpha value is -1.59. The Morgan fingerprint density at radius 3 is 2.56 bits per heavy atom. The van der Waals surface area contributed by atoms with Crippen molar-refractivity contribution in [3.05, 3.63) is 30.2 Å². The van der Waals surface area contributed by atoms with Gasteiger partial charge in [0.15, 0.2) is 0 Å². The van der Waals surface area contributed by atoms with E-state index in [0.29, 0.717) is 17.6 Å². The molecule has 0 bridgehead atoms. The van der Waals surface area contributed by atoms with Crippen molar-refractivity contribution in [3.63, 3.8) is 0 Å². The highest BCUT2D eigenvalue weighted by atomic mass is 35.5. The van der Waals surface area contributed by atoms with Gasteiger partial charge in [-0.2, -0.15) is 4.98 Å². The molecule has 0 saturated carbocycles. The van der Waals surface area contributed by atoms with Crippen molar-refractivity contribution >= 4 is 34.7 Å². The van der Waals surface area contributed by atoms with Gasteiger partial charge in [0, 0.05) is 5.56 Å². The summed E-state index contributed by atoms with van der Waals surface area (Å²) < 4.78 is 4.92. The number of nitrogens with two attached hydrogens (primary N) is 1. The highest BCUT2D eigenvalue weighted by Gasteiger charge is 2.07. The van der Waals surface area contributed by atoms with Crippen LogP contribution in [0.2, 0.25) is 0 Å². The van der Waals surface area contributed by atoms with Gasteiger partial charge in [-0.25, -0.2) is 4.99 Å². The molecule has 0 fully saturated rings. The predicted molar refractivity (Wildman–Crippen MR) is 71.3 cm³/mol. The lowest BCUT2D eigenvalue weighted by atomic mass is 10.2. The number of hydrogen-bond acceptors (Lipinski definition) is 4. The van der Waals surface area contributed by atoms with Gasteiger partial charge in [-0.1, -0.05) is 5.16 Å². The van der Waals surface area contributed by atoms with Gasteiger partial charge >= 0.3 is 0 Å². The second-order valence-corrected chi connectivity index (χ2v) is 3.96. The second kappa shape index (κ2) is 5.84. The molecule has 0 amide bonds. The Morgan fingerprint density at radius 1 is 1.28 bits per heavy atom. The molecule has 0 aliphatic carbocycles. The van der Waals surface area contributed by atoms with Gasteiger partial charge in [0.05, 0.1) is 11.6 Å². The molecule has 0 saturated heterocycles. The number of halogens is 2. The van der Waals surface area contributed by atoms with Crippen molar-refractivity contribution in [1.82, 2.24) is 10.1 Å². The van der Waals surface area contributed by atoms with Crippen LogP contribution in [0, 0.1) is 0 Å². The number of alkyl halides is 2. The molecular formula is C11H10Cl2N4O. The van der Waals surface area contributed by atoms with Gasteiger partial charge in [0.1, 0.15) is 11.7 Å². The molecule has 0 radical (unpaired) electrons. The average molecular weight is 285 g/mol. The summed E-state index contributed by atoms with van der Waals surface area (Å²) >= 11 is 11.1. The van der Waals surface area contributed by atoms with Gasteiger partial charge in [-0.3, -0.25) is 0 Å². The molecular weight excluding hydrogens is 275 g/mol. The molecule has 7 heteroatoms. The standard InChI is InChI=1S/C11H10Cl2N4O/c12-5-9(14)15-8-3-1-7(2-4-8)11-16-10(6-13)18-17-11/h1-4H,5-6H2,(H2,14,15). The SMILES string of the molecule is NC(CCl)=Nc1ccc(-c2noc(CCl)n2)cc1. The van der Waals surface area contributed by atoms with Crippen LogP contribution in [0.5, 0.6) is 0 Å². The summed E-state index contributed by atoms with van der Waals surface area (Å²) in [5.74, 6) is 1.65. The van der Waals surface area contributed by atoms with Crippen molar-refractivity contribution in [2.45, 2.75) is 5.88 Å². The van der Waals surface area contributed by atoms with E-state index in [2.05, 4.69) is 15.1 Å². The van der Waals surface area contributed by atoms with E-state index in [-0.39, 0.29) is 11.8 Å². The smallest absolute Gasteiger partial charge is 0.241 e. The van der Waals surface area contributed by atoms with Crippen molar-refractivity contribution in [2.24, 2.45) is 10.7 Å². The van der Waals surface area contributed by atoms with Gasteiger partial charge in [0.2, 0.25) is 11.7 Å². The first kappa shape index (κ1) is 12.9. The Balaban J connectivity index is 2.22. The normalized spacial score (nSPS) is 11.8. The Labute approximate surface area is 114 Å². The molecule has 5 nitrogen and oxygen atoms in total. The monoisotopic (exact) mass is 284 g/mol. The maximum atomic E-state index is 5.59. The van der Waals surface area contributed by atoms with E-state index in [1.165, 1.54) is 0 Å². The first-order valence-corrected chi connectivity index (χ1v) is 6.18. The molecule has 0 spiro atoms. The van der Waals surface area contributed by atoms with E-state index in [9.17, 15) is 0 Å². The maximum Gasteiger partial charge on any atom is 0.241 e. The first-order chi connectivity index (χ1) is 8.72. The van der Waals surface area contributed by atoms with E-state index in [1.54, 1.807) is 12.1 Å². The molecule has 0 aliphatic heterocycles. The molecule has 1 aromatic carbocycles. The number of nitrogens with zero attached hydrogens (tertiary/aromatic N) is 3. The topological polar surface area (TPSA) is 77.3 Å². The zero-order valence-electron chi connectivity index (χ0n) is 9.31. The zero-order valence-corrected chi connectivity index (χ0v) is 10.8. The lowest BCUT2D eigenvalue weighted by Crippen LogP contribution is -2.12. The summed E-state index contributed by atoms with van der Waals surface area (Å²) in [5, 5.41) is 3.81. The lowest BCUT2D eigenvalue weighted by Gasteiger charge is -1.97. The van der Waals surface area contributed by atoms with Crippen molar-refractivity contribution in [3.8, 4) is 11.4 Å². The molecule has 1 aromatic heterocycles. The lowest BCUT2D eigenvalue weighted by molar-refractivity contribution is 0.391. The molecule has 0 unspecified atom stereocenters. The van der Waals surface area contributed by atoms with Gasteiger partial charge in [-0.15, -0.1) is 23.2 Å². The van der Waals surface area contributed by atoms with Crippen LogP contribution in [-0.2, 0) is 5.88 Å². The molecule has 2 rings (SSSR count). The summed E-state index contributed by atoms with van der Waals surface area (Å²) in [6, 6.07) is 7.24. The summed E-state index contributed by atoms with van der Waals surface area (Å²) in [5.41, 5.74) is 7.08. The van der Waals surface area contributed by atoms with Crippen LogP contribution in [0.15, 0.2) is 33.8 Å². The summed E-state index contributed by atoms with van der Waals surface area (Å²) in [4.78, 5) is 8.23. The third-order valence-corrected chi connectivity index (χ3v) is 2.62. The first-order valence-electron chi connectivity index (χ1n) is 5.11. The van der Waals surface area contributed by atoms with Gasteiger partial charge in [-0.05, 0) is 24.3 Å². The summed E-state index contributed by atoms with van der Waals surface area (Å²) in [6.45, 7) is 0. The van der Waals surface area contributed by atoms with Crippen molar-refractivity contribution in [1.29, 1.82) is 0 Å². The highest BCUT2D eigenvalue weighted by molar-refractivity contribution is 6.28. The number of amidine groups is 1. The number of rotatable bonds is 4. The number of benzene rings is 1. The molecule has 94 valence electrons. The fourth-order valence-corrected chi connectivity index (χ4v) is 1.48. The molecule has 1 heterocycles. The third kappa shape index (κ3) is 3.00. The summed E-state index contributed by atoms with van der Waals surface area (Å²) in [7, 11) is 0. The van der Waals surface area contributed by atoms with Crippen LogP contribution in [0.25, 0.3) is 11.4 Å². The van der Waals surface area contributed by atoms with Crippen LogP contribution in [0.3, 0.4) is 0 Å². The molecule has 18 heavy (non-hydrogen) atoms. The molecule has 0 aliphatic rings. The Morgan fingerprint density at radius 2 is 2.00 bits per heavy atom.